The number of hydrogen-bond acceptors (Lipinski definition) is 6. The Morgan fingerprint density at radius 2 is 1.94 bits per heavy atom. The lowest BCUT2D eigenvalue weighted by atomic mass is 10.1. The molecule has 2 aromatic carbocycles. The number of halogens is 2. The van der Waals surface area contributed by atoms with E-state index in [4.69, 9.17) is 27.9 Å². The van der Waals surface area contributed by atoms with Gasteiger partial charge in [-0.15, -0.1) is 0 Å². The quantitative estimate of drug-likeness (QED) is 0.419. The molecule has 1 amide bonds. The summed E-state index contributed by atoms with van der Waals surface area (Å²) in [6.07, 6.45) is 8.64. The molecule has 1 saturated heterocycles. The molecule has 172 valence electrons. The highest BCUT2D eigenvalue weighted by molar-refractivity contribution is 6.42. The third-order valence-electron chi connectivity index (χ3n) is 5.48. The number of ether oxygens (including phenoxy) is 1. The number of nitrogens with one attached hydrogen (secondary N) is 2. The lowest BCUT2D eigenvalue weighted by Gasteiger charge is -2.24. The minimum atomic E-state index is -0.222. The number of nitrogens with zero attached hydrogens (tertiary/aromatic N) is 3. The van der Waals surface area contributed by atoms with E-state index in [2.05, 4.69) is 25.5 Å². The lowest BCUT2D eigenvalue weighted by Crippen LogP contribution is -2.29. The first-order chi connectivity index (χ1) is 16.0. The van der Waals surface area contributed by atoms with E-state index in [-0.39, 0.29) is 5.91 Å². The summed E-state index contributed by atoms with van der Waals surface area (Å²) in [6, 6.07) is 8.80. The van der Waals surface area contributed by atoms with Crippen LogP contribution in [0.5, 0.6) is 5.75 Å². The Balaban J connectivity index is 1.55. The van der Waals surface area contributed by atoms with Crippen molar-refractivity contribution in [3.63, 3.8) is 0 Å². The van der Waals surface area contributed by atoms with Crippen LogP contribution in [0.15, 0.2) is 48.8 Å². The van der Waals surface area contributed by atoms with Crippen LogP contribution in [-0.2, 0) is 4.79 Å². The molecule has 0 saturated carbocycles. The average molecular weight is 486 g/mol. The molecule has 3 aromatic rings. The van der Waals surface area contributed by atoms with E-state index >= 15 is 0 Å². The van der Waals surface area contributed by atoms with Crippen molar-refractivity contribution in [2.45, 2.75) is 19.3 Å². The summed E-state index contributed by atoms with van der Waals surface area (Å²) in [5.74, 6) is 0.858. The average Bonchev–Trinajstić information content (AvgIpc) is 2.82. The van der Waals surface area contributed by atoms with Crippen LogP contribution in [0.25, 0.3) is 10.9 Å². The highest BCUT2D eigenvalue weighted by Gasteiger charge is 2.13. The molecule has 0 atom stereocenters. The molecular weight excluding hydrogens is 461 g/mol. The number of likely N-dealkylation sites (tertiary alicyclic amines) is 1. The molecule has 0 spiro atoms. The topological polar surface area (TPSA) is 79.4 Å². The first-order valence-corrected chi connectivity index (χ1v) is 11.5. The van der Waals surface area contributed by atoms with E-state index in [0.717, 1.165) is 30.7 Å². The summed E-state index contributed by atoms with van der Waals surface area (Å²) in [5, 5.41) is 7.77. The van der Waals surface area contributed by atoms with E-state index in [1.54, 1.807) is 37.5 Å². The molecule has 0 aliphatic carbocycles. The Hall–Kier alpha value is -2.87. The van der Waals surface area contributed by atoms with Gasteiger partial charge in [0.1, 0.15) is 17.9 Å². The first-order valence-electron chi connectivity index (χ1n) is 10.8. The Morgan fingerprint density at radius 3 is 2.70 bits per heavy atom. The summed E-state index contributed by atoms with van der Waals surface area (Å²) in [7, 11) is 1.55. The molecule has 0 unspecified atom stereocenters. The number of rotatable bonds is 7. The standard InChI is InChI=1S/C24H25Cl2N5O2/c1-33-22-14-20-17(24(28-15-27-20)29-16-7-8-18(25)19(26)12-16)13-21(22)30-23(32)6-5-11-31-9-3-2-4-10-31/h5-8,12-15H,2-4,9-11H2,1H3,(H,30,32)(H,27,28,29)/b6-5+. The number of aromatic nitrogens is 2. The zero-order chi connectivity index (χ0) is 23.2. The number of amides is 1. The maximum Gasteiger partial charge on any atom is 0.248 e. The Bertz CT molecular complexity index is 1180. The molecule has 0 radical (unpaired) electrons. The van der Waals surface area contributed by atoms with Gasteiger partial charge in [-0.25, -0.2) is 9.97 Å². The summed E-state index contributed by atoms with van der Waals surface area (Å²) < 4.78 is 5.48. The van der Waals surface area contributed by atoms with Crippen LogP contribution in [0.4, 0.5) is 17.2 Å². The minimum Gasteiger partial charge on any atom is -0.494 e. The molecule has 33 heavy (non-hydrogen) atoms. The number of anilines is 3. The van der Waals surface area contributed by atoms with Crippen molar-refractivity contribution in [3.05, 3.63) is 58.9 Å². The first kappa shape index (κ1) is 23.3. The zero-order valence-electron chi connectivity index (χ0n) is 18.3. The fourth-order valence-electron chi connectivity index (χ4n) is 3.79. The van der Waals surface area contributed by atoms with Crippen LogP contribution in [0.2, 0.25) is 10.0 Å². The molecule has 2 heterocycles. The van der Waals surface area contributed by atoms with Crippen molar-refractivity contribution in [1.82, 2.24) is 14.9 Å². The number of hydrogen-bond donors (Lipinski definition) is 2. The monoisotopic (exact) mass is 485 g/mol. The van der Waals surface area contributed by atoms with Crippen molar-refractivity contribution in [2.75, 3.05) is 37.4 Å². The summed E-state index contributed by atoms with van der Waals surface area (Å²) in [6.45, 7) is 2.94. The Kier molecular flexibility index (Phi) is 7.65. The van der Waals surface area contributed by atoms with Crippen LogP contribution in [0, 0.1) is 0 Å². The predicted molar refractivity (Wildman–Crippen MR) is 134 cm³/mol. The lowest BCUT2D eigenvalue weighted by molar-refractivity contribution is -0.111. The molecule has 2 N–H and O–H groups in total. The fraction of sp³-hybridized carbons (Fsp3) is 0.292. The van der Waals surface area contributed by atoms with Gasteiger partial charge in [0.05, 0.1) is 28.4 Å². The fourth-order valence-corrected chi connectivity index (χ4v) is 4.08. The van der Waals surface area contributed by atoms with Gasteiger partial charge in [-0.3, -0.25) is 9.69 Å². The van der Waals surface area contributed by atoms with Crippen LogP contribution in [0.3, 0.4) is 0 Å². The van der Waals surface area contributed by atoms with Gasteiger partial charge in [-0.2, -0.15) is 0 Å². The van der Waals surface area contributed by atoms with E-state index in [1.807, 2.05) is 12.1 Å². The number of carbonyl (C=O) groups excluding carboxylic acids is 1. The molecule has 1 fully saturated rings. The van der Waals surface area contributed by atoms with Gasteiger partial charge in [-0.05, 0) is 50.2 Å². The van der Waals surface area contributed by atoms with E-state index in [0.29, 0.717) is 32.8 Å². The molecule has 1 aliphatic heterocycles. The minimum absolute atomic E-state index is 0.222. The largest absolute Gasteiger partial charge is 0.494 e. The smallest absolute Gasteiger partial charge is 0.248 e. The van der Waals surface area contributed by atoms with Gasteiger partial charge >= 0.3 is 0 Å². The number of piperidine rings is 1. The molecule has 0 bridgehead atoms. The summed E-state index contributed by atoms with van der Waals surface area (Å²) in [5.41, 5.74) is 1.93. The van der Waals surface area contributed by atoms with Crippen LogP contribution < -0.4 is 15.4 Å². The molecule has 1 aromatic heterocycles. The molecule has 4 rings (SSSR count). The van der Waals surface area contributed by atoms with Crippen molar-refractivity contribution < 1.29 is 9.53 Å². The maximum atomic E-state index is 12.6. The molecular formula is C24H25Cl2N5O2. The second kappa shape index (κ2) is 10.8. The van der Waals surface area contributed by atoms with Gasteiger partial charge in [0, 0.05) is 29.8 Å². The maximum absolute atomic E-state index is 12.6. The number of fused-ring (bicyclic) bond motifs is 1. The van der Waals surface area contributed by atoms with Crippen molar-refractivity contribution >= 4 is 57.2 Å². The van der Waals surface area contributed by atoms with E-state index in [1.165, 1.54) is 25.6 Å². The van der Waals surface area contributed by atoms with Crippen LogP contribution in [-0.4, -0.2) is 47.5 Å². The number of carbonyl (C=O) groups is 1. The SMILES string of the molecule is COc1cc2ncnc(Nc3ccc(Cl)c(Cl)c3)c2cc1NC(=O)/C=C/CN1CCCCC1. The van der Waals surface area contributed by atoms with Gasteiger partial charge in [0.15, 0.2) is 0 Å². The second-order valence-corrected chi connectivity index (χ2v) is 8.61. The summed E-state index contributed by atoms with van der Waals surface area (Å²) in [4.78, 5) is 23.6. The van der Waals surface area contributed by atoms with Gasteiger partial charge < -0.3 is 15.4 Å². The van der Waals surface area contributed by atoms with Crippen LogP contribution in [0.1, 0.15) is 19.3 Å². The highest BCUT2D eigenvalue weighted by atomic mass is 35.5. The molecule has 1 aliphatic rings. The highest BCUT2D eigenvalue weighted by Crippen LogP contribution is 2.34. The van der Waals surface area contributed by atoms with Crippen molar-refractivity contribution in [2.24, 2.45) is 0 Å². The van der Waals surface area contributed by atoms with E-state index < -0.39 is 0 Å². The normalized spacial score (nSPS) is 14.5. The number of methoxy groups -OCH3 is 1. The molecule has 9 heteroatoms. The Morgan fingerprint density at radius 1 is 1.12 bits per heavy atom. The predicted octanol–water partition coefficient (Wildman–Crippen LogP) is 5.67. The Labute approximate surface area is 202 Å². The third-order valence-corrected chi connectivity index (χ3v) is 6.22. The van der Waals surface area contributed by atoms with Gasteiger partial charge in [0.2, 0.25) is 5.91 Å². The third kappa shape index (κ3) is 5.93. The summed E-state index contributed by atoms with van der Waals surface area (Å²) >= 11 is 12.1. The van der Waals surface area contributed by atoms with Crippen molar-refractivity contribution in [1.29, 1.82) is 0 Å². The van der Waals surface area contributed by atoms with Gasteiger partial charge in [0.25, 0.3) is 0 Å². The van der Waals surface area contributed by atoms with Crippen LogP contribution >= 0.6 is 23.2 Å². The zero-order valence-corrected chi connectivity index (χ0v) is 19.8. The van der Waals surface area contributed by atoms with E-state index in [9.17, 15) is 4.79 Å². The van der Waals surface area contributed by atoms with Gasteiger partial charge in [-0.1, -0.05) is 35.7 Å². The number of benzene rings is 2. The second-order valence-electron chi connectivity index (χ2n) is 7.80. The molecule has 7 nitrogen and oxygen atoms in total. The van der Waals surface area contributed by atoms with Crippen molar-refractivity contribution in [3.8, 4) is 5.75 Å².